The lowest BCUT2D eigenvalue weighted by Gasteiger charge is -2.52. The molecule has 3 fully saturated rings. The minimum Gasteiger partial charge on any atom is -1.00 e. The maximum atomic E-state index is 13.6. The number of carbonyl (C=O) groups excluding carboxylic acids is 1. The number of nitrogens with zero attached hydrogens (tertiary/aromatic N) is 1. The third-order valence-electron chi connectivity index (χ3n) is 7.97. The molecule has 0 amide bonds. The summed E-state index contributed by atoms with van der Waals surface area (Å²) in [6, 6.07) is 24.9. The van der Waals surface area contributed by atoms with Crippen LogP contribution in [0.25, 0.3) is 0 Å². The number of esters is 1. The second-order valence-corrected chi connectivity index (χ2v) is 10.2. The lowest BCUT2D eigenvalue weighted by molar-refractivity contribution is -0.946. The first-order valence-electron chi connectivity index (χ1n) is 12.6. The number of quaternary nitrogens is 1. The highest BCUT2D eigenvalue weighted by Gasteiger charge is 2.50. The van der Waals surface area contributed by atoms with Crippen LogP contribution in [-0.2, 0) is 21.6 Å². The zero-order chi connectivity index (χ0) is 24.3. The van der Waals surface area contributed by atoms with Gasteiger partial charge in [0.05, 0.1) is 19.6 Å². The zero-order valence-electron chi connectivity index (χ0n) is 20.4. The SMILES string of the molecule is O=C(OC1C[N+]2(CCCc3cccc(F)c3)CCC1CC2)C(O)(c1ccccc1)c1ccccc1.[Br-]. The summed E-state index contributed by atoms with van der Waals surface area (Å²) in [5.41, 5.74) is 0.193. The third-order valence-corrected chi connectivity index (χ3v) is 7.97. The molecule has 1 unspecified atom stereocenters. The smallest absolute Gasteiger partial charge is 0.348 e. The topological polar surface area (TPSA) is 46.5 Å². The van der Waals surface area contributed by atoms with Crippen LogP contribution in [0.15, 0.2) is 84.9 Å². The van der Waals surface area contributed by atoms with Crippen molar-refractivity contribution < 1.29 is 40.5 Å². The summed E-state index contributed by atoms with van der Waals surface area (Å²) < 4.78 is 20.6. The molecule has 0 radical (unpaired) electrons. The summed E-state index contributed by atoms with van der Waals surface area (Å²) in [6.45, 7) is 3.94. The number of carbonyl (C=O) groups is 1. The van der Waals surface area contributed by atoms with E-state index in [9.17, 15) is 14.3 Å². The normalized spacial score (nSPS) is 23.1. The van der Waals surface area contributed by atoms with E-state index in [0.29, 0.717) is 17.0 Å². The fourth-order valence-corrected chi connectivity index (χ4v) is 5.96. The number of hydrogen-bond donors (Lipinski definition) is 1. The Hall–Kier alpha value is -2.54. The molecule has 190 valence electrons. The van der Waals surface area contributed by atoms with Crippen LogP contribution in [0.4, 0.5) is 4.39 Å². The van der Waals surface area contributed by atoms with E-state index >= 15 is 0 Å². The molecule has 3 aliphatic heterocycles. The van der Waals surface area contributed by atoms with Gasteiger partial charge in [0, 0.05) is 25.2 Å². The van der Waals surface area contributed by atoms with Crippen LogP contribution in [0.1, 0.15) is 36.0 Å². The zero-order valence-corrected chi connectivity index (χ0v) is 21.9. The molecule has 3 saturated heterocycles. The van der Waals surface area contributed by atoms with E-state index in [1.165, 1.54) is 6.07 Å². The first kappa shape index (κ1) is 26.5. The molecule has 3 heterocycles. The standard InChI is InChI=1S/C30H33FNO3.BrH/c31-27-15-7-9-23(21-27)10-8-18-32-19-16-24(17-20-32)28(22-32)35-29(33)30(34,25-11-3-1-4-12-25)26-13-5-2-6-14-26;/h1-7,9,11-15,21,24,28,34H,8,10,16-20,22H2;1H/q+1;/p-1. The van der Waals surface area contributed by atoms with Gasteiger partial charge in [-0.05, 0) is 35.2 Å². The van der Waals surface area contributed by atoms with Crippen molar-refractivity contribution in [2.75, 3.05) is 26.2 Å². The van der Waals surface area contributed by atoms with Gasteiger partial charge in [0.15, 0.2) is 6.10 Å². The van der Waals surface area contributed by atoms with Crippen molar-refractivity contribution in [1.29, 1.82) is 0 Å². The molecule has 36 heavy (non-hydrogen) atoms. The molecule has 0 saturated carbocycles. The molecule has 0 spiro atoms. The van der Waals surface area contributed by atoms with Crippen molar-refractivity contribution in [3.8, 4) is 0 Å². The molecule has 1 N–H and O–H groups in total. The molecule has 0 aromatic heterocycles. The number of rotatable bonds is 8. The quantitative estimate of drug-likeness (QED) is 0.342. The summed E-state index contributed by atoms with van der Waals surface area (Å²) in [5.74, 6) is -0.464. The number of aryl methyl sites for hydroxylation is 1. The van der Waals surface area contributed by atoms with Gasteiger partial charge >= 0.3 is 5.97 Å². The van der Waals surface area contributed by atoms with E-state index in [1.807, 2.05) is 42.5 Å². The van der Waals surface area contributed by atoms with E-state index in [-0.39, 0.29) is 28.9 Å². The number of piperidine rings is 3. The highest BCUT2D eigenvalue weighted by molar-refractivity contribution is 5.85. The van der Waals surface area contributed by atoms with Gasteiger partial charge in [0.25, 0.3) is 0 Å². The Balaban J connectivity index is 0.00000304. The molecule has 6 heteroatoms. The summed E-state index contributed by atoms with van der Waals surface area (Å²) in [4.78, 5) is 13.6. The highest BCUT2D eigenvalue weighted by atomic mass is 79.9. The van der Waals surface area contributed by atoms with Gasteiger partial charge in [0.2, 0.25) is 5.60 Å². The van der Waals surface area contributed by atoms with Crippen LogP contribution in [0.5, 0.6) is 0 Å². The Morgan fingerprint density at radius 3 is 2.14 bits per heavy atom. The lowest BCUT2D eigenvalue weighted by atomic mass is 9.82. The van der Waals surface area contributed by atoms with Gasteiger partial charge in [-0.25, -0.2) is 9.18 Å². The van der Waals surface area contributed by atoms with E-state index in [0.717, 1.165) is 61.9 Å². The Kier molecular flexibility index (Phi) is 8.28. The van der Waals surface area contributed by atoms with E-state index in [1.54, 1.807) is 36.4 Å². The predicted molar refractivity (Wildman–Crippen MR) is 133 cm³/mol. The van der Waals surface area contributed by atoms with Crippen molar-refractivity contribution in [3.63, 3.8) is 0 Å². The van der Waals surface area contributed by atoms with Crippen LogP contribution in [-0.4, -0.2) is 47.8 Å². The number of ether oxygens (including phenoxy) is 1. The minimum absolute atomic E-state index is 0. The van der Waals surface area contributed by atoms with Crippen molar-refractivity contribution in [1.82, 2.24) is 0 Å². The maximum Gasteiger partial charge on any atom is 0.348 e. The van der Waals surface area contributed by atoms with Crippen LogP contribution < -0.4 is 17.0 Å². The molecule has 3 aromatic rings. The van der Waals surface area contributed by atoms with Gasteiger partial charge in [-0.3, -0.25) is 0 Å². The Bertz CT molecular complexity index is 1110. The number of benzene rings is 3. The van der Waals surface area contributed by atoms with Gasteiger partial charge in [0.1, 0.15) is 12.4 Å². The van der Waals surface area contributed by atoms with Crippen molar-refractivity contribution in [3.05, 3.63) is 107 Å². The monoisotopic (exact) mass is 553 g/mol. The summed E-state index contributed by atoms with van der Waals surface area (Å²) in [7, 11) is 0. The van der Waals surface area contributed by atoms with Crippen LogP contribution in [0.3, 0.4) is 0 Å². The van der Waals surface area contributed by atoms with Crippen LogP contribution >= 0.6 is 0 Å². The van der Waals surface area contributed by atoms with Gasteiger partial charge in [-0.2, -0.15) is 0 Å². The highest BCUT2D eigenvalue weighted by Crippen LogP contribution is 2.38. The Labute approximate surface area is 223 Å². The number of halogens is 2. The van der Waals surface area contributed by atoms with Gasteiger partial charge in [-0.1, -0.05) is 72.8 Å². The van der Waals surface area contributed by atoms with E-state index in [2.05, 4.69) is 0 Å². The van der Waals surface area contributed by atoms with Crippen LogP contribution in [0, 0.1) is 11.7 Å². The van der Waals surface area contributed by atoms with Crippen molar-refractivity contribution in [2.45, 2.75) is 37.4 Å². The summed E-state index contributed by atoms with van der Waals surface area (Å²) >= 11 is 0. The van der Waals surface area contributed by atoms with Crippen molar-refractivity contribution >= 4 is 5.97 Å². The lowest BCUT2D eigenvalue weighted by Crippen LogP contribution is -3.00. The van der Waals surface area contributed by atoms with Crippen molar-refractivity contribution in [2.24, 2.45) is 5.92 Å². The average molecular weight is 555 g/mol. The first-order valence-corrected chi connectivity index (χ1v) is 12.6. The molecule has 6 rings (SSSR count). The second kappa shape index (κ2) is 11.2. The van der Waals surface area contributed by atoms with E-state index in [4.69, 9.17) is 4.74 Å². The molecule has 2 bridgehead atoms. The summed E-state index contributed by atoms with van der Waals surface area (Å²) in [5, 5.41) is 11.8. The Morgan fingerprint density at radius 1 is 0.944 bits per heavy atom. The van der Waals surface area contributed by atoms with Gasteiger partial charge < -0.3 is 31.3 Å². The summed E-state index contributed by atoms with van der Waals surface area (Å²) in [6.07, 6.45) is 3.64. The number of aliphatic hydroxyl groups is 1. The largest absolute Gasteiger partial charge is 1.00 e. The molecule has 1 atom stereocenters. The molecule has 3 aliphatic rings. The average Bonchev–Trinajstić information content (AvgIpc) is 2.90. The molecule has 0 aliphatic carbocycles. The molecular weight excluding hydrogens is 521 g/mol. The predicted octanol–water partition coefficient (Wildman–Crippen LogP) is 1.85. The third kappa shape index (κ3) is 5.41. The number of hydrogen-bond acceptors (Lipinski definition) is 3. The maximum absolute atomic E-state index is 13.6. The Morgan fingerprint density at radius 2 is 1.56 bits per heavy atom. The van der Waals surface area contributed by atoms with E-state index < -0.39 is 11.6 Å². The van der Waals surface area contributed by atoms with Gasteiger partial charge in [-0.15, -0.1) is 0 Å². The minimum atomic E-state index is -1.85. The first-order chi connectivity index (χ1) is 17.0. The molecule has 4 nitrogen and oxygen atoms in total. The fourth-order valence-electron chi connectivity index (χ4n) is 5.96. The number of fused-ring (bicyclic) bond motifs is 3. The van der Waals surface area contributed by atoms with Crippen LogP contribution in [0.2, 0.25) is 0 Å². The fraction of sp³-hybridized carbons (Fsp3) is 0.367. The second-order valence-electron chi connectivity index (χ2n) is 10.2. The molecule has 3 aromatic carbocycles. The molecular formula is C30H33BrFNO3.